The second-order valence-electron chi connectivity index (χ2n) is 4.93. The third kappa shape index (κ3) is 2.47. The number of fused-ring (bicyclic) bond motifs is 1. The molecule has 3 rings (SSSR count). The molecule has 2 N–H and O–H groups in total. The number of benzene rings is 2. The van der Waals surface area contributed by atoms with Crippen molar-refractivity contribution in [3.8, 4) is 0 Å². The molecule has 0 spiro atoms. The van der Waals surface area contributed by atoms with Crippen LogP contribution in [0.2, 0.25) is 0 Å². The third-order valence-electron chi connectivity index (χ3n) is 3.57. The molecule has 0 fully saturated rings. The first-order valence-corrected chi connectivity index (χ1v) is 7.31. The van der Waals surface area contributed by atoms with E-state index in [1.165, 1.54) is 5.56 Å². The summed E-state index contributed by atoms with van der Waals surface area (Å²) in [6.07, 6.45) is 1.81. The molecule has 0 aliphatic heterocycles. The van der Waals surface area contributed by atoms with Crippen molar-refractivity contribution >= 4 is 26.8 Å². The molecule has 0 radical (unpaired) electrons. The lowest BCUT2D eigenvalue weighted by molar-refractivity contribution is 0.862. The largest absolute Gasteiger partial charge is 0.320 e. The highest BCUT2D eigenvalue weighted by Crippen LogP contribution is 2.27. The zero-order valence-corrected chi connectivity index (χ0v) is 12.8. The monoisotopic (exact) mass is 326 g/mol. The van der Waals surface area contributed by atoms with Gasteiger partial charge in [-0.15, -0.1) is 0 Å². The van der Waals surface area contributed by atoms with Crippen LogP contribution in [-0.4, -0.2) is 4.98 Å². The molecule has 3 aromatic rings. The molecular formula is C17H15BrN2. The van der Waals surface area contributed by atoms with E-state index in [2.05, 4.69) is 64.2 Å². The van der Waals surface area contributed by atoms with Gasteiger partial charge in [0.2, 0.25) is 0 Å². The van der Waals surface area contributed by atoms with E-state index < -0.39 is 0 Å². The maximum Gasteiger partial charge on any atom is 0.0705 e. The van der Waals surface area contributed by atoms with Crippen LogP contribution in [0.3, 0.4) is 0 Å². The SMILES string of the molecule is Cc1ccc(Br)cc1C(N)c1ccc2cccnc2c1. The molecule has 0 aliphatic rings. The molecule has 1 unspecified atom stereocenters. The van der Waals surface area contributed by atoms with Crippen LogP contribution in [0, 0.1) is 6.92 Å². The van der Waals surface area contributed by atoms with Crippen LogP contribution < -0.4 is 5.73 Å². The van der Waals surface area contributed by atoms with Crippen LogP contribution in [0.1, 0.15) is 22.7 Å². The van der Waals surface area contributed by atoms with E-state index >= 15 is 0 Å². The fourth-order valence-corrected chi connectivity index (χ4v) is 2.78. The standard InChI is InChI=1S/C17H15BrN2/c1-11-4-7-14(18)10-15(11)17(19)13-6-5-12-3-2-8-20-16(12)9-13/h2-10,17H,19H2,1H3. The average molecular weight is 327 g/mol. The number of aryl methyl sites for hydroxylation is 1. The summed E-state index contributed by atoms with van der Waals surface area (Å²) >= 11 is 3.51. The first-order chi connectivity index (χ1) is 9.65. The predicted molar refractivity (Wildman–Crippen MR) is 86.7 cm³/mol. The predicted octanol–water partition coefficient (Wildman–Crippen LogP) is 4.35. The second-order valence-corrected chi connectivity index (χ2v) is 5.85. The van der Waals surface area contributed by atoms with Crippen molar-refractivity contribution in [2.75, 3.05) is 0 Å². The van der Waals surface area contributed by atoms with Gasteiger partial charge in [-0.25, -0.2) is 0 Å². The summed E-state index contributed by atoms with van der Waals surface area (Å²) in [5.74, 6) is 0. The van der Waals surface area contributed by atoms with Crippen molar-refractivity contribution in [3.05, 3.63) is 75.9 Å². The maximum atomic E-state index is 6.43. The highest BCUT2D eigenvalue weighted by Gasteiger charge is 2.12. The van der Waals surface area contributed by atoms with Crippen molar-refractivity contribution in [1.29, 1.82) is 0 Å². The Hall–Kier alpha value is -1.71. The maximum absolute atomic E-state index is 6.43. The lowest BCUT2D eigenvalue weighted by Crippen LogP contribution is -2.13. The Morgan fingerprint density at radius 2 is 1.95 bits per heavy atom. The number of nitrogens with two attached hydrogens (primary N) is 1. The Morgan fingerprint density at radius 3 is 2.80 bits per heavy atom. The van der Waals surface area contributed by atoms with E-state index in [0.29, 0.717) is 0 Å². The summed E-state index contributed by atoms with van der Waals surface area (Å²) in [6.45, 7) is 2.08. The van der Waals surface area contributed by atoms with Crippen LogP contribution in [0.5, 0.6) is 0 Å². The minimum Gasteiger partial charge on any atom is -0.320 e. The van der Waals surface area contributed by atoms with E-state index in [4.69, 9.17) is 5.73 Å². The van der Waals surface area contributed by atoms with Gasteiger partial charge in [-0.3, -0.25) is 4.98 Å². The molecule has 0 saturated heterocycles. The molecule has 3 heteroatoms. The molecule has 100 valence electrons. The number of pyridine rings is 1. The van der Waals surface area contributed by atoms with Gasteiger partial charge in [-0.1, -0.05) is 40.2 Å². The van der Waals surface area contributed by atoms with Gasteiger partial charge in [0.15, 0.2) is 0 Å². The first-order valence-electron chi connectivity index (χ1n) is 6.51. The van der Waals surface area contributed by atoms with Gasteiger partial charge in [0.25, 0.3) is 0 Å². The molecule has 20 heavy (non-hydrogen) atoms. The van der Waals surface area contributed by atoms with Crippen LogP contribution in [-0.2, 0) is 0 Å². The van der Waals surface area contributed by atoms with Crippen LogP contribution in [0.4, 0.5) is 0 Å². The lowest BCUT2D eigenvalue weighted by Gasteiger charge is -2.16. The van der Waals surface area contributed by atoms with Gasteiger partial charge in [-0.2, -0.15) is 0 Å². The number of rotatable bonds is 2. The van der Waals surface area contributed by atoms with Crippen molar-refractivity contribution in [1.82, 2.24) is 4.98 Å². The Bertz CT molecular complexity index is 768. The summed E-state index contributed by atoms with van der Waals surface area (Å²) in [6, 6.07) is 16.3. The van der Waals surface area contributed by atoms with E-state index in [1.807, 2.05) is 18.3 Å². The summed E-state index contributed by atoms with van der Waals surface area (Å²) in [5.41, 5.74) is 10.8. The zero-order valence-electron chi connectivity index (χ0n) is 11.2. The minimum absolute atomic E-state index is 0.140. The molecule has 0 aliphatic carbocycles. The van der Waals surface area contributed by atoms with E-state index in [9.17, 15) is 0 Å². The van der Waals surface area contributed by atoms with Gasteiger partial charge >= 0.3 is 0 Å². The highest BCUT2D eigenvalue weighted by atomic mass is 79.9. The molecule has 0 amide bonds. The number of nitrogens with zero attached hydrogens (tertiary/aromatic N) is 1. The third-order valence-corrected chi connectivity index (χ3v) is 4.06. The van der Waals surface area contributed by atoms with E-state index in [1.54, 1.807) is 0 Å². The second kappa shape index (κ2) is 5.35. The Kier molecular flexibility index (Phi) is 3.55. The van der Waals surface area contributed by atoms with Gasteiger partial charge in [0.1, 0.15) is 0 Å². The van der Waals surface area contributed by atoms with Crippen LogP contribution >= 0.6 is 15.9 Å². The average Bonchev–Trinajstić information content (AvgIpc) is 2.48. The van der Waals surface area contributed by atoms with Crippen LogP contribution in [0.25, 0.3) is 10.9 Å². The Balaban J connectivity index is 2.07. The smallest absolute Gasteiger partial charge is 0.0705 e. The van der Waals surface area contributed by atoms with Gasteiger partial charge in [0, 0.05) is 16.1 Å². The Morgan fingerprint density at radius 1 is 1.10 bits per heavy atom. The fraction of sp³-hybridized carbons (Fsp3) is 0.118. The topological polar surface area (TPSA) is 38.9 Å². The Labute approximate surface area is 126 Å². The number of hydrogen-bond acceptors (Lipinski definition) is 2. The van der Waals surface area contributed by atoms with E-state index in [0.717, 1.165) is 26.5 Å². The van der Waals surface area contributed by atoms with Crippen LogP contribution in [0.15, 0.2) is 59.2 Å². The molecule has 2 aromatic carbocycles. The zero-order chi connectivity index (χ0) is 14.1. The number of hydrogen-bond donors (Lipinski definition) is 1. The van der Waals surface area contributed by atoms with E-state index in [-0.39, 0.29) is 6.04 Å². The normalized spacial score (nSPS) is 12.6. The first kappa shape index (κ1) is 13.3. The van der Waals surface area contributed by atoms with Gasteiger partial charge in [-0.05, 0) is 47.9 Å². The van der Waals surface area contributed by atoms with Gasteiger partial charge in [0.05, 0.1) is 11.6 Å². The number of halogens is 1. The van der Waals surface area contributed by atoms with Crippen molar-refractivity contribution < 1.29 is 0 Å². The molecule has 0 saturated carbocycles. The molecule has 2 nitrogen and oxygen atoms in total. The molecule has 1 aromatic heterocycles. The fourth-order valence-electron chi connectivity index (χ4n) is 2.40. The highest BCUT2D eigenvalue weighted by molar-refractivity contribution is 9.10. The lowest BCUT2D eigenvalue weighted by atomic mass is 9.95. The van der Waals surface area contributed by atoms with Crippen molar-refractivity contribution in [2.45, 2.75) is 13.0 Å². The molecule has 1 heterocycles. The van der Waals surface area contributed by atoms with Crippen molar-refractivity contribution in [2.24, 2.45) is 5.73 Å². The summed E-state index contributed by atoms with van der Waals surface area (Å²) in [4.78, 5) is 4.39. The number of aromatic nitrogens is 1. The quantitative estimate of drug-likeness (QED) is 0.760. The minimum atomic E-state index is -0.140. The molecule has 0 bridgehead atoms. The van der Waals surface area contributed by atoms with Gasteiger partial charge < -0.3 is 5.73 Å². The molecule has 1 atom stereocenters. The summed E-state index contributed by atoms with van der Waals surface area (Å²) in [5, 5.41) is 1.13. The van der Waals surface area contributed by atoms with Crippen molar-refractivity contribution in [3.63, 3.8) is 0 Å². The summed E-state index contributed by atoms with van der Waals surface area (Å²) < 4.78 is 1.05. The summed E-state index contributed by atoms with van der Waals surface area (Å²) in [7, 11) is 0. The molecular weight excluding hydrogens is 312 g/mol.